The molecule has 0 aromatic rings. The molecular formula is C60H115NO5. The summed E-state index contributed by atoms with van der Waals surface area (Å²) in [6.45, 7) is 4.90. The monoisotopic (exact) mass is 930 g/mol. The number of esters is 1. The molecule has 0 aliphatic rings. The highest BCUT2D eigenvalue weighted by Crippen LogP contribution is 2.17. The molecule has 6 heteroatoms. The second-order valence-corrected chi connectivity index (χ2v) is 20.3. The number of aliphatic hydroxyl groups is 2. The summed E-state index contributed by atoms with van der Waals surface area (Å²) < 4.78 is 5.49. The third-order valence-corrected chi connectivity index (χ3v) is 13.7. The molecule has 0 saturated heterocycles. The molecule has 6 nitrogen and oxygen atoms in total. The smallest absolute Gasteiger partial charge is 0.305 e. The zero-order valence-electron chi connectivity index (χ0n) is 44.4. The molecule has 0 bridgehead atoms. The zero-order chi connectivity index (χ0) is 47.9. The molecule has 0 aromatic carbocycles. The van der Waals surface area contributed by atoms with Crippen molar-refractivity contribution >= 4 is 11.9 Å². The lowest BCUT2D eigenvalue weighted by Crippen LogP contribution is -2.45. The van der Waals surface area contributed by atoms with Gasteiger partial charge in [-0.05, 0) is 57.8 Å². The second-order valence-electron chi connectivity index (χ2n) is 20.3. The topological polar surface area (TPSA) is 95.9 Å². The average molecular weight is 931 g/mol. The van der Waals surface area contributed by atoms with Crippen LogP contribution in [0.25, 0.3) is 0 Å². The van der Waals surface area contributed by atoms with Crippen molar-refractivity contribution in [2.24, 2.45) is 0 Å². The number of ether oxygens (including phenoxy) is 1. The Hall–Kier alpha value is -1.66. The maximum absolute atomic E-state index is 12.4. The van der Waals surface area contributed by atoms with Gasteiger partial charge in [-0.3, -0.25) is 9.59 Å². The molecule has 0 aliphatic heterocycles. The Kier molecular flexibility index (Phi) is 54.5. The minimum atomic E-state index is -0.854. The molecule has 2 unspecified atom stereocenters. The van der Waals surface area contributed by atoms with Crippen molar-refractivity contribution in [3.8, 4) is 0 Å². The van der Waals surface area contributed by atoms with Crippen LogP contribution in [0.3, 0.4) is 0 Å². The summed E-state index contributed by atoms with van der Waals surface area (Å²) in [7, 11) is 0. The molecular weight excluding hydrogens is 815 g/mol. The first kappa shape index (κ1) is 64.3. The van der Waals surface area contributed by atoms with Crippen LogP contribution in [-0.4, -0.2) is 47.4 Å². The fourth-order valence-corrected chi connectivity index (χ4v) is 9.16. The van der Waals surface area contributed by atoms with Gasteiger partial charge in [0.25, 0.3) is 0 Å². The Labute approximate surface area is 411 Å². The van der Waals surface area contributed by atoms with E-state index >= 15 is 0 Å². The van der Waals surface area contributed by atoms with Crippen LogP contribution in [-0.2, 0) is 14.3 Å². The molecule has 0 heterocycles. The molecule has 0 saturated carbocycles. The van der Waals surface area contributed by atoms with E-state index in [0.717, 1.165) is 64.2 Å². The Morgan fingerprint density at radius 1 is 0.409 bits per heavy atom. The minimum Gasteiger partial charge on any atom is -0.466 e. The third-order valence-electron chi connectivity index (χ3n) is 13.7. The van der Waals surface area contributed by atoms with Gasteiger partial charge in [-0.2, -0.15) is 0 Å². The molecule has 1 amide bonds. The van der Waals surface area contributed by atoms with E-state index in [-0.39, 0.29) is 18.5 Å². The van der Waals surface area contributed by atoms with Crippen LogP contribution in [0.15, 0.2) is 24.3 Å². The number of nitrogens with one attached hydrogen (secondary N) is 1. The lowest BCUT2D eigenvalue weighted by atomic mass is 10.0. The van der Waals surface area contributed by atoms with E-state index in [0.29, 0.717) is 19.4 Å². The molecule has 0 spiro atoms. The Bertz CT molecular complexity index is 1030. The number of carbonyl (C=O) groups is 2. The summed E-state index contributed by atoms with van der Waals surface area (Å²) in [6.07, 6.45) is 67.7. The molecule has 390 valence electrons. The summed E-state index contributed by atoms with van der Waals surface area (Å²) in [6, 6.07) is -0.639. The average Bonchev–Trinajstić information content (AvgIpc) is 3.32. The van der Waals surface area contributed by atoms with E-state index in [2.05, 4.69) is 31.3 Å². The van der Waals surface area contributed by atoms with Crippen molar-refractivity contribution in [2.45, 2.75) is 334 Å². The van der Waals surface area contributed by atoms with Gasteiger partial charge in [-0.25, -0.2) is 0 Å². The molecule has 0 fully saturated rings. The van der Waals surface area contributed by atoms with Gasteiger partial charge < -0.3 is 20.3 Å². The van der Waals surface area contributed by atoms with Gasteiger partial charge in [0.15, 0.2) is 0 Å². The highest BCUT2D eigenvalue weighted by Gasteiger charge is 2.18. The first-order valence-electron chi connectivity index (χ1n) is 29.6. The summed E-state index contributed by atoms with van der Waals surface area (Å²) in [4.78, 5) is 24.5. The van der Waals surface area contributed by atoms with Crippen molar-refractivity contribution in [3.05, 3.63) is 24.3 Å². The van der Waals surface area contributed by atoms with E-state index in [1.807, 2.05) is 6.08 Å². The molecule has 66 heavy (non-hydrogen) atoms. The second kappa shape index (κ2) is 55.9. The maximum Gasteiger partial charge on any atom is 0.305 e. The van der Waals surface area contributed by atoms with Crippen LogP contribution in [0.1, 0.15) is 322 Å². The molecule has 0 rings (SSSR count). The standard InChI is InChI=1S/C60H115NO5/c1-3-5-7-9-11-13-15-17-19-20-21-26-30-34-38-42-46-50-54-60(65)66-55-51-47-43-39-35-31-27-23-22-25-29-33-37-41-45-49-53-59(64)61-57(56-62)58(63)52-48-44-40-36-32-28-24-18-16-14-12-10-8-6-4-2/h22,25,48,52,57-58,62-63H,3-21,23-24,26-47,49-51,53-56H2,1-2H3,(H,61,64)/b25-22-,52-48+. The largest absolute Gasteiger partial charge is 0.466 e. The molecule has 0 aromatic heterocycles. The fourth-order valence-electron chi connectivity index (χ4n) is 9.16. The fraction of sp³-hybridized carbons (Fsp3) is 0.900. The number of allylic oxidation sites excluding steroid dienone is 3. The summed E-state index contributed by atoms with van der Waals surface area (Å²) >= 11 is 0. The normalized spacial score (nSPS) is 12.7. The van der Waals surface area contributed by atoms with Gasteiger partial charge in [0.05, 0.1) is 25.4 Å². The Morgan fingerprint density at radius 2 is 0.712 bits per heavy atom. The maximum atomic E-state index is 12.4. The lowest BCUT2D eigenvalue weighted by Gasteiger charge is -2.20. The summed E-state index contributed by atoms with van der Waals surface area (Å²) in [5.41, 5.74) is 0. The van der Waals surface area contributed by atoms with Gasteiger partial charge >= 0.3 is 5.97 Å². The SMILES string of the molecule is CCCCCCCCCCCCCCC/C=C/C(O)C(CO)NC(=O)CCCCCCC/C=C\CCCCCCCCCOC(=O)CCCCCCCCCCCCCCCCCCCC. The van der Waals surface area contributed by atoms with Gasteiger partial charge in [-0.15, -0.1) is 0 Å². The Morgan fingerprint density at radius 3 is 1.08 bits per heavy atom. The third kappa shape index (κ3) is 51.7. The first-order valence-corrected chi connectivity index (χ1v) is 29.6. The van der Waals surface area contributed by atoms with Crippen molar-refractivity contribution in [3.63, 3.8) is 0 Å². The predicted octanol–water partition coefficient (Wildman–Crippen LogP) is 18.2. The molecule has 2 atom stereocenters. The van der Waals surface area contributed by atoms with E-state index < -0.39 is 12.1 Å². The van der Waals surface area contributed by atoms with Crippen LogP contribution >= 0.6 is 0 Å². The van der Waals surface area contributed by atoms with Crippen LogP contribution in [0.5, 0.6) is 0 Å². The van der Waals surface area contributed by atoms with E-state index in [4.69, 9.17) is 4.74 Å². The van der Waals surface area contributed by atoms with Gasteiger partial charge in [-0.1, -0.05) is 276 Å². The number of aliphatic hydroxyl groups excluding tert-OH is 2. The summed E-state index contributed by atoms with van der Waals surface area (Å²) in [5.74, 6) is -0.0830. The zero-order valence-corrected chi connectivity index (χ0v) is 44.4. The molecule has 3 N–H and O–H groups in total. The molecule has 0 radical (unpaired) electrons. The highest BCUT2D eigenvalue weighted by atomic mass is 16.5. The van der Waals surface area contributed by atoms with E-state index in [1.54, 1.807) is 6.08 Å². The minimum absolute atomic E-state index is 0.000707. The Balaban J connectivity index is 3.46. The number of unbranched alkanes of at least 4 members (excludes halogenated alkanes) is 42. The van der Waals surface area contributed by atoms with E-state index in [9.17, 15) is 19.8 Å². The van der Waals surface area contributed by atoms with Crippen LogP contribution in [0, 0.1) is 0 Å². The van der Waals surface area contributed by atoms with Crippen LogP contribution in [0.2, 0.25) is 0 Å². The van der Waals surface area contributed by atoms with Crippen molar-refractivity contribution in [1.82, 2.24) is 5.32 Å². The molecule has 0 aliphatic carbocycles. The van der Waals surface area contributed by atoms with Gasteiger partial charge in [0, 0.05) is 12.8 Å². The predicted molar refractivity (Wildman–Crippen MR) is 287 cm³/mol. The van der Waals surface area contributed by atoms with Crippen molar-refractivity contribution in [1.29, 1.82) is 0 Å². The highest BCUT2D eigenvalue weighted by molar-refractivity contribution is 5.76. The number of hydrogen-bond acceptors (Lipinski definition) is 5. The van der Waals surface area contributed by atoms with E-state index in [1.165, 1.54) is 231 Å². The quantitative estimate of drug-likeness (QED) is 0.0321. The van der Waals surface area contributed by atoms with Crippen molar-refractivity contribution < 1.29 is 24.5 Å². The number of carbonyl (C=O) groups excluding carboxylic acids is 2. The van der Waals surface area contributed by atoms with Crippen molar-refractivity contribution in [2.75, 3.05) is 13.2 Å². The van der Waals surface area contributed by atoms with Crippen LogP contribution in [0.4, 0.5) is 0 Å². The number of amides is 1. The lowest BCUT2D eigenvalue weighted by molar-refractivity contribution is -0.143. The number of rotatable bonds is 55. The van der Waals surface area contributed by atoms with Gasteiger partial charge in [0.1, 0.15) is 0 Å². The summed E-state index contributed by atoms with van der Waals surface area (Å²) in [5, 5.41) is 23.1. The van der Waals surface area contributed by atoms with Crippen LogP contribution < -0.4 is 5.32 Å². The first-order chi connectivity index (χ1) is 32.5. The van der Waals surface area contributed by atoms with Gasteiger partial charge in [0.2, 0.25) is 5.91 Å². The number of hydrogen-bond donors (Lipinski definition) is 3.